The summed E-state index contributed by atoms with van der Waals surface area (Å²) in [6, 6.07) is 13.8. The van der Waals surface area contributed by atoms with E-state index in [9.17, 15) is 4.79 Å². The van der Waals surface area contributed by atoms with Gasteiger partial charge in [0, 0.05) is 11.4 Å². The maximum Gasteiger partial charge on any atom is 0.292 e. The van der Waals surface area contributed by atoms with Gasteiger partial charge in [0.05, 0.1) is 23.6 Å². The topological polar surface area (TPSA) is 38.1 Å². The Morgan fingerprint density at radius 2 is 2.00 bits per heavy atom. The molecule has 0 unspecified atom stereocenters. The molecule has 1 aliphatic rings. The largest absolute Gasteiger partial charge is 0.361 e. The predicted octanol–water partition coefficient (Wildman–Crippen LogP) is 4.29. The summed E-state index contributed by atoms with van der Waals surface area (Å²) in [5.74, 6) is 0. The normalized spacial score (nSPS) is 17.4. The molecule has 4 rings (SSSR count). The number of halogens is 1. The summed E-state index contributed by atoms with van der Waals surface area (Å²) in [5, 5.41) is 6.67. The third-order valence-corrected chi connectivity index (χ3v) is 5.66. The first-order chi connectivity index (χ1) is 11.8. The summed E-state index contributed by atoms with van der Waals surface area (Å²) in [7, 11) is 0. The second kappa shape index (κ2) is 6.42. The minimum Gasteiger partial charge on any atom is -0.361 e. The van der Waals surface area contributed by atoms with Crippen LogP contribution in [0.3, 0.4) is 0 Å². The first-order valence-corrected chi connectivity index (χ1v) is 9.15. The van der Waals surface area contributed by atoms with E-state index < -0.39 is 0 Å². The van der Waals surface area contributed by atoms with Crippen molar-refractivity contribution < 1.29 is 0 Å². The maximum atomic E-state index is 12.7. The van der Waals surface area contributed by atoms with Gasteiger partial charge in [-0.2, -0.15) is 9.78 Å². The Bertz CT molecular complexity index is 892. The van der Waals surface area contributed by atoms with Gasteiger partial charge in [-0.15, -0.1) is 11.3 Å². The molecule has 122 valence electrons. The van der Waals surface area contributed by atoms with E-state index in [-0.39, 0.29) is 16.6 Å². The SMILES string of the molecule is O=c1c(Cl)c(N2CCC[C@H]2c2cccs2)cnn1-c1ccccc1. The summed E-state index contributed by atoms with van der Waals surface area (Å²) < 4.78 is 1.35. The van der Waals surface area contributed by atoms with Gasteiger partial charge in [-0.25, -0.2) is 0 Å². The zero-order valence-electron chi connectivity index (χ0n) is 12.9. The van der Waals surface area contributed by atoms with Crippen molar-refractivity contribution in [1.29, 1.82) is 0 Å². The molecule has 0 spiro atoms. The molecular weight excluding hydrogens is 342 g/mol. The van der Waals surface area contributed by atoms with Gasteiger partial charge >= 0.3 is 0 Å². The fourth-order valence-electron chi connectivity index (χ4n) is 3.21. The zero-order valence-corrected chi connectivity index (χ0v) is 14.5. The number of hydrogen-bond donors (Lipinski definition) is 0. The maximum absolute atomic E-state index is 12.7. The van der Waals surface area contributed by atoms with E-state index in [1.54, 1.807) is 17.5 Å². The fourth-order valence-corrected chi connectivity index (χ4v) is 4.32. The monoisotopic (exact) mass is 357 g/mol. The Morgan fingerprint density at radius 1 is 1.17 bits per heavy atom. The number of nitrogens with zero attached hydrogens (tertiary/aromatic N) is 3. The van der Waals surface area contributed by atoms with Gasteiger partial charge < -0.3 is 4.90 Å². The number of rotatable bonds is 3. The molecule has 4 nitrogen and oxygen atoms in total. The Labute approximate surface area is 148 Å². The van der Waals surface area contributed by atoms with Crippen LogP contribution in [0.2, 0.25) is 5.02 Å². The summed E-state index contributed by atoms with van der Waals surface area (Å²) in [6.45, 7) is 0.888. The van der Waals surface area contributed by atoms with Crippen LogP contribution in [-0.4, -0.2) is 16.3 Å². The fraction of sp³-hybridized carbons (Fsp3) is 0.222. The molecule has 0 saturated carbocycles. The first kappa shape index (κ1) is 15.4. The van der Waals surface area contributed by atoms with Gasteiger partial charge in [-0.1, -0.05) is 35.9 Å². The van der Waals surface area contributed by atoms with Gasteiger partial charge in [0.25, 0.3) is 5.56 Å². The molecule has 1 fully saturated rings. The number of hydrogen-bond acceptors (Lipinski definition) is 4. The van der Waals surface area contributed by atoms with Gasteiger partial charge in [0.2, 0.25) is 0 Å². The molecule has 1 saturated heterocycles. The molecule has 24 heavy (non-hydrogen) atoms. The molecule has 2 aromatic heterocycles. The smallest absolute Gasteiger partial charge is 0.292 e. The highest BCUT2D eigenvalue weighted by atomic mass is 35.5. The lowest BCUT2D eigenvalue weighted by molar-refractivity contribution is 0.722. The zero-order chi connectivity index (χ0) is 16.5. The molecule has 0 radical (unpaired) electrons. The standard InChI is InChI=1S/C18H16ClN3OS/c19-17-15(21-10-4-8-14(21)16-9-5-11-24-16)12-20-22(18(17)23)13-6-2-1-3-7-13/h1-3,5-7,9,11-12,14H,4,8,10H2/t14-/m0/s1. The molecule has 6 heteroatoms. The van der Waals surface area contributed by atoms with E-state index in [4.69, 9.17) is 11.6 Å². The second-order valence-corrected chi connectivity index (χ2v) is 7.12. The van der Waals surface area contributed by atoms with E-state index in [1.165, 1.54) is 9.56 Å². The summed E-state index contributed by atoms with van der Waals surface area (Å²) in [4.78, 5) is 16.2. The quantitative estimate of drug-likeness (QED) is 0.701. The van der Waals surface area contributed by atoms with E-state index in [2.05, 4.69) is 27.5 Å². The summed E-state index contributed by atoms with van der Waals surface area (Å²) >= 11 is 8.18. The minimum absolute atomic E-state index is 0.234. The Morgan fingerprint density at radius 3 is 2.75 bits per heavy atom. The second-order valence-electron chi connectivity index (χ2n) is 5.76. The lowest BCUT2D eigenvalue weighted by Gasteiger charge is -2.26. The van der Waals surface area contributed by atoms with Crippen LogP contribution in [-0.2, 0) is 0 Å². The van der Waals surface area contributed by atoms with Crippen LogP contribution in [0.1, 0.15) is 23.8 Å². The van der Waals surface area contributed by atoms with Crippen molar-refractivity contribution in [3.8, 4) is 5.69 Å². The van der Waals surface area contributed by atoms with Crippen molar-refractivity contribution in [2.75, 3.05) is 11.4 Å². The highest BCUT2D eigenvalue weighted by Gasteiger charge is 2.29. The van der Waals surface area contributed by atoms with Crippen LogP contribution in [0.25, 0.3) is 5.69 Å². The van der Waals surface area contributed by atoms with E-state index in [1.807, 2.05) is 30.3 Å². The minimum atomic E-state index is -0.280. The predicted molar refractivity (Wildman–Crippen MR) is 98.5 cm³/mol. The van der Waals surface area contributed by atoms with Crippen molar-refractivity contribution in [2.45, 2.75) is 18.9 Å². The third-order valence-electron chi connectivity index (χ3n) is 4.34. The first-order valence-electron chi connectivity index (χ1n) is 7.89. The van der Waals surface area contributed by atoms with Gasteiger partial charge in [0.1, 0.15) is 5.02 Å². The molecule has 1 atom stereocenters. The summed E-state index contributed by atoms with van der Waals surface area (Å²) in [5.41, 5.74) is 1.16. The van der Waals surface area contributed by atoms with Crippen LogP contribution in [0.5, 0.6) is 0 Å². The number of anilines is 1. The third kappa shape index (κ3) is 2.64. The van der Waals surface area contributed by atoms with Gasteiger partial charge in [-0.3, -0.25) is 4.79 Å². The molecule has 0 N–H and O–H groups in total. The molecular formula is C18H16ClN3OS. The van der Waals surface area contributed by atoms with Crippen LogP contribution in [0.15, 0.2) is 58.8 Å². The van der Waals surface area contributed by atoms with Crippen LogP contribution < -0.4 is 10.5 Å². The molecule has 0 bridgehead atoms. The molecule has 0 aliphatic carbocycles. The van der Waals surface area contributed by atoms with Crippen molar-refractivity contribution in [2.24, 2.45) is 0 Å². The molecule has 1 aliphatic heterocycles. The van der Waals surface area contributed by atoms with Crippen molar-refractivity contribution in [1.82, 2.24) is 9.78 Å². The van der Waals surface area contributed by atoms with E-state index in [0.29, 0.717) is 5.69 Å². The van der Waals surface area contributed by atoms with Gasteiger partial charge in [-0.05, 0) is 36.4 Å². The van der Waals surface area contributed by atoms with Crippen LogP contribution >= 0.6 is 22.9 Å². The van der Waals surface area contributed by atoms with E-state index >= 15 is 0 Å². The van der Waals surface area contributed by atoms with Crippen molar-refractivity contribution in [3.05, 3.63) is 74.3 Å². The average molecular weight is 358 g/mol. The van der Waals surface area contributed by atoms with Crippen molar-refractivity contribution in [3.63, 3.8) is 0 Å². The van der Waals surface area contributed by atoms with Gasteiger partial charge in [0.15, 0.2) is 0 Å². The number of thiophene rings is 1. The average Bonchev–Trinajstić information content (AvgIpc) is 3.29. The molecule has 1 aromatic carbocycles. The Hall–Kier alpha value is -2.11. The number of aromatic nitrogens is 2. The highest BCUT2D eigenvalue weighted by Crippen LogP contribution is 2.39. The molecule has 0 amide bonds. The highest BCUT2D eigenvalue weighted by molar-refractivity contribution is 7.10. The van der Waals surface area contributed by atoms with Crippen LogP contribution in [0, 0.1) is 0 Å². The lowest BCUT2D eigenvalue weighted by Crippen LogP contribution is -2.28. The molecule has 3 aromatic rings. The number of para-hydroxylation sites is 1. The Balaban J connectivity index is 1.75. The molecule has 3 heterocycles. The van der Waals surface area contributed by atoms with Crippen LogP contribution in [0.4, 0.5) is 5.69 Å². The van der Waals surface area contributed by atoms with Crippen molar-refractivity contribution >= 4 is 28.6 Å². The Kier molecular flexibility index (Phi) is 4.12. The number of benzene rings is 1. The summed E-state index contributed by atoms with van der Waals surface area (Å²) in [6.07, 6.45) is 3.86. The van der Waals surface area contributed by atoms with E-state index in [0.717, 1.165) is 25.1 Å². The lowest BCUT2D eigenvalue weighted by atomic mass is 10.2.